The number of nitrogens with zero attached hydrogens (tertiary/aromatic N) is 1. The lowest BCUT2D eigenvalue weighted by atomic mass is 9.70. The lowest BCUT2D eigenvalue weighted by Crippen LogP contribution is -2.57. The number of esters is 1. The molecule has 3 fully saturated rings. The SMILES string of the molecule is COC1=C(C)C(=O)OC1=C1OC2=CCCN3[C@H](C[C@H](Cc4ccccc4)C[C@H]3[C@@H](O)C[C@@H]3CCCC[C@H]3CCC(C)C)[C@@H]2[C@H]1C. The molecule has 6 rings (SSSR count). The molecule has 0 amide bonds. The predicted molar refractivity (Wildman–Crippen MR) is 177 cm³/mol. The summed E-state index contributed by atoms with van der Waals surface area (Å²) in [6.45, 7) is 9.56. The van der Waals surface area contributed by atoms with Crippen LogP contribution in [0.4, 0.5) is 0 Å². The molecule has 246 valence electrons. The average molecular weight is 618 g/mol. The van der Waals surface area contributed by atoms with E-state index >= 15 is 0 Å². The lowest BCUT2D eigenvalue weighted by Gasteiger charge is -2.49. The first-order valence-corrected chi connectivity index (χ1v) is 17.8. The van der Waals surface area contributed by atoms with Gasteiger partial charge in [0.1, 0.15) is 5.76 Å². The largest absolute Gasteiger partial charge is 0.492 e. The molecule has 45 heavy (non-hydrogen) atoms. The third-order valence-electron chi connectivity index (χ3n) is 11.7. The van der Waals surface area contributed by atoms with Gasteiger partial charge in [-0.3, -0.25) is 4.90 Å². The van der Waals surface area contributed by atoms with E-state index in [0.29, 0.717) is 34.7 Å². The Morgan fingerprint density at radius 3 is 2.56 bits per heavy atom. The van der Waals surface area contributed by atoms with Crippen LogP contribution in [0.1, 0.15) is 97.5 Å². The van der Waals surface area contributed by atoms with Gasteiger partial charge in [-0.1, -0.05) is 83.2 Å². The van der Waals surface area contributed by atoms with Crippen molar-refractivity contribution in [1.29, 1.82) is 0 Å². The fourth-order valence-corrected chi connectivity index (χ4v) is 9.36. The molecule has 8 atom stereocenters. The number of aliphatic hydroxyl groups is 1. The summed E-state index contributed by atoms with van der Waals surface area (Å²) in [4.78, 5) is 15.2. The van der Waals surface area contributed by atoms with Crippen LogP contribution in [0.5, 0.6) is 0 Å². The summed E-state index contributed by atoms with van der Waals surface area (Å²) >= 11 is 0. The van der Waals surface area contributed by atoms with E-state index in [2.05, 4.69) is 62.1 Å². The van der Waals surface area contributed by atoms with Crippen LogP contribution < -0.4 is 0 Å². The van der Waals surface area contributed by atoms with Gasteiger partial charge in [0.15, 0.2) is 11.5 Å². The molecular formula is C39H55NO5. The zero-order valence-corrected chi connectivity index (χ0v) is 28.2. The summed E-state index contributed by atoms with van der Waals surface area (Å²) in [5, 5.41) is 12.2. The van der Waals surface area contributed by atoms with Crippen molar-refractivity contribution in [3.05, 3.63) is 70.6 Å². The van der Waals surface area contributed by atoms with Gasteiger partial charge in [0, 0.05) is 30.5 Å². The number of fused-ring (bicyclic) bond motifs is 3. The van der Waals surface area contributed by atoms with Gasteiger partial charge in [0.05, 0.1) is 18.8 Å². The Labute approximate surface area is 270 Å². The minimum absolute atomic E-state index is 0.0210. The number of rotatable bonds is 9. The monoisotopic (exact) mass is 617 g/mol. The number of cyclic esters (lactones) is 1. The van der Waals surface area contributed by atoms with Crippen molar-refractivity contribution in [2.75, 3.05) is 13.7 Å². The van der Waals surface area contributed by atoms with Crippen molar-refractivity contribution in [2.45, 2.75) is 117 Å². The molecule has 5 aliphatic rings. The predicted octanol–water partition coefficient (Wildman–Crippen LogP) is 7.93. The van der Waals surface area contributed by atoms with Gasteiger partial charge in [-0.2, -0.15) is 0 Å². The molecule has 0 spiro atoms. The second-order valence-electron chi connectivity index (χ2n) is 15.0. The molecule has 1 aromatic carbocycles. The van der Waals surface area contributed by atoms with Crippen LogP contribution in [0.25, 0.3) is 0 Å². The summed E-state index contributed by atoms with van der Waals surface area (Å²) in [7, 11) is 1.58. The highest BCUT2D eigenvalue weighted by atomic mass is 16.6. The summed E-state index contributed by atoms with van der Waals surface area (Å²) in [5.41, 5.74) is 1.85. The second kappa shape index (κ2) is 14.0. The molecule has 4 aliphatic heterocycles. The average Bonchev–Trinajstić information content (AvgIpc) is 3.43. The smallest absolute Gasteiger partial charge is 0.343 e. The van der Waals surface area contributed by atoms with E-state index < -0.39 is 0 Å². The number of piperidine rings is 1. The normalized spacial score (nSPS) is 34.5. The van der Waals surface area contributed by atoms with Crippen LogP contribution in [0, 0.1) is 35.5 Å². The second-order valence-corrected chi connectivity index (χ2v) is 15.0. The van der Waals surface area contributed by atoms with Crippen LogP contribution in [-0.2, 0) is 25.4 Å². The molecule has 4 heterocycles. The molecule has 1 saturated carbocycles. The Morgan fingerprint density at radius 2 is 1.82 bits per heavy atom. The zero-order valence-electron chi connectivity index (χ0n) is 28.2. The van der Waals surface area contributed by atoms with Crippen molar-refractivity contribution in [3.63, 3.8) is 0 Å². The maximum atomic E-state index is 12.5. The van der Waals surface area contributed by atoms with Gasteiger partial charge in [-0.15, -0.1) is 0 Å². The van der Waals surface area contributed by atoms with E-state index in [1.807, 2.05) is 0 Å². The maximum Gasteiger partial charge on any atom is 0.343 e. The van der Waals surface area contributed by atoms with Gasteiger partial charge in [-0.25, -0.2) is 4.79 Å². The molecule has 1 aromatic rings. The van der Waals surface area contributed by atoms with Crippen molar-refractivity contribution in [2.24, 2.45) is 35.5 Å². The first-order chi connectivity index (χ1) is 21.7. The van der Waals surface area contributed by atoms with Crippen LogP contribution in [0.2, 0.25) is 0 Å². The van der Waals surface area contributed by atoms with Crippen molar-refractivity contribution >= 4 is 5.97 Å². The minimum Gasteiger partial charge on any atom is -0.492 e. The molecule has 6 nitrogen and oxygen atoms in total. The van der Waals surface area contributed by atoms with Crippen molar-refractivity contribution in [1.82, 2.24) is 4.90 Å². The molecule has 6 heteroatoms. The van der Waals surface area contributed by atoms with Crippen LogP contribution >= 0.6 is 0 Å². The Hall–Kier alpha value is -2.57. The topological polar surface area (TPSA) is 68.2 Å². The first-order valence-electron chi connectivity index (χ1n) is 17.8. The number of methoxy groups -OCH3 is 1. The Bertz CT molecular complexity index is 1300. The Morgan fingerprint density at radius 1 is 1.07 bits per heavy atom. The number of hydrogen-bond donors (Lipinski definition) is 1. The molecule has 0 radical (unpaired) electrons. The molecule has 0 unspecified atom stereocenters. The number of carbonyl (C=O) groups is 1. The van der Waals surface area contributed by atoms with Gasteiger partial charge < -0.3 is 19.3 Å². The number of carbonyl (C=O) groups excluding carboxylic acids is 1. The third kappa shape index (κ3) is 6.79. The van der Waals surface area contributed by atoms with Crippen molar-refractivity contribution in [3.8, 4) is 0 Å². The van der Waals surface area contributed by atoms with Gasteiger partial charge in [0.2, 0.25) is 5.76 Å². The van der Waals surface area contributed by atoms with Crippen LogP contribution in [-0.4, -0.2) is 47.8 Å². The highest BCUT2D eigenvalue weighted by Gasteiger charge is 2.51. The van der Waals surface area contributed by atoms with E-state index in [9.17, 15) is 9.90 Å². The standard InChI is InChI=1S/C39H55NO5/c1-24(2)17-18-29-14-9-10-15-30(29)23-33(41)31-21-28(20-27-12-7-6-8-13-27)22-32-35-25(3)37(44-34(35)16-11-19-40(31)32)38-36(43-5)26(4)39(42)45-38/h6-8,12-13,16,24-25,28-33,35,41H,9-11,14-15,17-23H2,1-5H3/t25-,28-,29+,30+,31+,32-,33+,35+/m1/s1. The van der Waals surface area contributed by atoms with Crippen LogP contribution in [0.15, 0.2) is 65.0 Å². The van der Waals surface area contributed by atoms with Crippen LogP contribution in [0.3, 0.4) is 0 Å². The molecule has 1 aliphatic carbocycles. The molecule has 1 N–H and O–H groups in total. The molecular weight excluding hydrogens is 562 g/mol. The van der Waals surface area contributed by atoms with Gasteiger partial charge in [0.25, 0.3) is 0 Å². The Balaban J connectivity index is 1.29. The highest BCUT2D eigenvalue weighted by Crippen LogP contribution is 2.51. The van der Waals surface area contributed by atoms with Crippen molar-refractivity contribution < 1.29 is 24.1 Å². The Kier molecular flexibility index (Phi) is 10.1. The summed E-state index contributed by atoms with van der Waals surface area (Å²) in [6, 6.07) is 11.2. The van der Waals surface area contributed by atoms with E-state index in [1.54, 1.807) is 14.0 Å². The van der Waals surface area contributed by atoms with E-state index in [1.165, 1.54) is 44.1 Å². The fraction of sp³-hybridized carbons (Fsp3) is 0.667. The number of benzene rings is 1. The maximum absolute atomic E-state index is 12.5. The van der Waals surface area contributed by atoms with E-state index in [4.69, 9.17) is 14.2 Å². The number of aliphatic hydroxyl groups excluding tert-OH is 1. The zero-order chi connectivity index (χ0) is 31.7. The molecule has 0 bridgehead atoms. The number of ether oxygens (including phenoxy) is 3. The fourth-order valence-electron chi connectivity index (χ4n) is 9.36. The number of allylic oxidation sites excluding steroid dienone is 1. The lowest BCUT2D eigenvalue weighted by molar-refractivity contribution is -0.133. The summed E-state index contributed by atoms with van der Waals surface area (Å²) < 4.78 is 18.0. The quantitative estimate of drug-likeness (QED) is 0.284. The van der Waals surface area contributed by atoms with Gasteiger partial charge >= 0.3 is 5.97 Å². The minimum atomic E-state index is -0.369. The summed E-state index contributed by atoms with van der Waals surface area (Å²) in [6.07, 6.45) is 14.6. The number of hydrogen-bond acceptors (Lipinski definition) is 6. The molecule has 0 aromatic heterocycles. The summed E-state index contributed by atoms with van der Waals surface area (Å²) in [5.74, 6) is 4.96. The first kappa shape index (κ1) is 32.4. The van der Waals surface area contributed by atoms with E-state index in [0.717, 1.165) is 56.2 Å². The van der Waals surface area contributed by atoms with Gasteiger partial charge in [-0.05, 0) is 80.8 Å². The molecule has 2 saturated heterocycles. The highest BCUT2D eigenvalue weighted by molar-refractivity contribution is 5.93. The van der Waals surface area contributed by atoms with E-state index in [-0.39, 0.29) is 36.0 Å². The third-order valence-corrected chi connectivity index (χ3v) is 11.7.